The van der Waals surface area contributed by atoms with Crippen molar-refractivity contribution >= 4 is 5.91 Å². The molecule has 0 saturated carbocycles. The number of hydrogen-bond donors (Lipinski definition) is 1. The van der Waals surface area contributed by atoms with Gasteiger partial charge in [-0.05, 0) is 49.6 Å². The van der Waals surface area contributed by atoms with E-state index in [0.29, 0.717) is 37.6 Å². The Morgan fingerprint density at radius 2 is 1.82 bits per heavy atom. The van der Waals surface area contributed by atoms with Gasteiger partial charge < -0.3 is 9.30 Å². The maximum atomic E-state index is 13.0. The molecule has 28 heavy (non-hydrogen) atoms. The Balaban J connectivity index is 1.91. The quantitative estimate of drug-likeness (QED) is 0.863. The minimum absolute atomic E-state index is 0.191. The van der Waals surface area contributed by atoms with E-state index in [1.807, 2.05) is 20.8 Å². The van der Waals surface area contributed by atoms with Crippen molar-refractivity contribution in [2.24, 2.45) is 0 Å². The second-order valence-corrected chi connectivity index (χ2v) is 7.01. The van der Waals surface area contributed by atoms with E-state index in [9.17, 15) is 18.0 Å². The summed E-state index contributed by atoms with van der Waals surface area (Å²) in [5.41, 5.74) is 5.81. The number of nitrogens with one attached hydrogen (secondary N) is 1. The van der Waals surface area contributed by atoms with Crippen molar-refractivity contribution in [3.05, 3.63) is 57.9 Å². The van der Waals surface area contributed by atoms with Gasteiger partial charge in [0, 0.05) is 25.3 Å². The molecule has 1 aliphatic heterocycles. The zero-order chi connectivity index (χ0) is 20.5. The highest BCUT2D eigenvalue weighted by molar-refractivity contribution is 5.94. The molecule has 1 aromatic carbocycles. The highest BCUT2D eigenvalue weighted by Gasteiger charge is 2.30. The van der Waals surface area contributed by atoms with Crippen LogP contribution in [-0.2, 0) is 17.5 Å². The van der Waals surface area contributed by atoms with Crippen molar-refractivity contribution in [3.8, 4) is 0 Å². The van der Waals surface area contributed by atoms with Crippen LogP contribution in [0.4, 0.5) is 13.2 Å². The summed E-state index contributed by atoms with van der Waals surface area (Å²) in [6.45, 7) is 8.12. The molecule has 1 N–H and O–H groups in total. The first kappa shape index (κ1) is 20.4. The number of hydrazine groups is 1. The maximum Gasteiger partial charge on any atom is 0.416 e. The lowest BCUT2D eigenvalue weighted by Gasteiger charge is -2.27. The van der Waals surface area contributed by atoms with Gasteiger partial charge in [0.05, 0.1) is 18.8 Å². The van der Waals surface area contributed by atoms with Gasteiger partial charge in [0.15, 0.2) is 0 Å². The Labute approximate surface area is 162 Å². The monoisotopic (exact) mass is 395 g/mol. The number of amides is 1. The third kappa shape index (κ3) is 4.23. The minimum Gasteiger partial charge on any atom is -0.379 e. The summed E-state index contributed by atoms with van der Waals surface area (Å²) in [6, 6.07) is 5.22. The zero-order valence-electron chi connectivity index (χ0n) is 16.2. The first-order chi connectivity index (χ1) is 13.2. The molecule has 5 nitrogen and oxygen atoms in total. The van der Waals surface area contributed by atoms with Gasteiger partial charge in [-0.25, -0.2) is 5.01 Å². The average Bonchev–Trinajstić information content (AvgIpc) is 2.86. The van der Waals surface area contributed by atoms with Crippen LogP contribution in [0, 0.1) is 20.8 Å². The maximum absolute atomic E-state index is 13.0. The first-order valence-corrected chi connectivity index (χ1v) is 9.14. The molecule has 1 fully saturated rings. The van der Waals surface area contributed by atoms with Crippen LogP contribution in [0.5, 0.6) is 0 Å². The molecule has 0 bridgehead atoms. The van der Waals surface area contributed by atoms with Gasteiger partial charge in [0.1, 0.15) is 5.69 Å². The summed E-state index contributed by atoms with van der Waals surface area (Å²) in [4.78, 5) is 12.9. The Bertz CT molecular complexity index is 868. The molecule has 0 atom stereocenters. The van der Waals surface area contributed by atoms with E-state index in [1.54, 1.807) is 15.6 Å². The lowest BCUT2D eigenvalue weighted by atomic mass is 10.1. The van der Waals surface area contributed by atoms with Crippen molar-refractivity contribution in [2.45, 2.75) is 33.5 Å². The molecule has 2 heterocycles. The Kier molecular flexibility index (Phi) is 5.81. The fourth-order valence-electron chi connectivity index (χ4n) is 3.41. The van der Waals surface area contributed by atoms with E-state index in [1.165, 1.54) is 6.07 Å². The van der Waals surface area contributed by atoms with Crippen molar-refractivity contribution in [2.75, 3.05) is 26.3 Å². The molecular weight excluding hydrogens is 371 g/mol. The fourth-order valence-corrected chi connectivity index (χ4v) is 3.41. The largest absolute Gasteiger partial charge is 0.416 e. The highest BCUT2D eigenvalue weighted by atomic mass is 19.4. The predicted molar refractivity (Wildman–Crippen MR) is 99.0 cm³/mol. The number of halogens is 3. The van der Waals surface area contributed by atoms with Crippen LogP contribution in [0.2, 0.25) is 0 Å². The molecule has 2 aromatic rings. The molecule has 0 radical (unpaired) electrons. The molecule has 1 aliphatic rings. The topological polar surface area (TPSA) is 46.5 Å². The molecule has 3 rings (SSSR count). The highest BCUT2D eigenvalue weighted by Crippen LogP contribution is 2.30. The Morgan fingerprint density at radius 1 is 1.14 bits per heavy atom. The van der Waals surface area contributed by atoms with Gasteiger partial charge in [-0.2, -0.15) is 13.2 Å². The van der Waals surface area contributed by atoms with Gasteiger partial charge >= 0.3 is 6.18 Å². The number of aromatic nitrogens is 1. The summed E-state index contributed by atoms with van der Waals surface area (Å²) in [6.07, 6.45) is -4.40. The molecule has 1 amide bonds. The third-order valence-corrected chi connectivity index (χ3v) is 5.22. The van der Waals surface area contributed by atoms with Gasteiger partial charge in [0.25, 0.3) is 5.91 Å². The molecular formula is C20H24F3N3O2. The number of carbonyl (C=O) groups is 1. The van der Waals surface area contributed by atoms with Crippen LogP contribution >= 0.6 is 0 Å². The Hall–Kier alpha value is -2.32. The van der Waals surface area contributed by atoms with Crippen molar-refractivity contribution in [1.82, 2.24) is 15.0 Å². The molecule has 1 aromatic heterocycles. The van der Waals surface area contributed by atoms with Crippen LogP contribution in [-0.4, -0.2) is 41.8 Å². The van der Waals surface area contributed by atoms with E-state index >= 15 is 0 Å². The summed E-state index contributed by atoms with van der Waals surface area (Å²) >= 11 is 0. The molecule has 152 valence electrons. The van der Waals surface area contributed by atoms with E-state index in [0.717, 1.165) is 29.0 Å². The van der Waals surface area contributed by atoms with Crippen LogP contribution in [0.15, 0.2) is 24.3 Å². The average molecular weight is 395 g/mol. The molecule has 0 spiro atoms. The first-order valence-electron chi connectivity index (χ1n) is 9.14. The minimum atomic E-state index is -4.40. The van der Waals surface area contributed by atoms with Crippen molar-refractivity contribution in [3.63, 3.8) is 0 Å². The smallest absolute Gasteiger partial charge is 0.379 e. The fraction of sp³-hybridized carbons (Fsp3) is 0.450. The molecule has 0 unspecified atom stereocenters. The van der Waals surface area contributed by atoms with Gasteiger partial charge in [-0.1, -0.05) is 12.1 Å². The SMILES string of the molecule is Cc1c(C)c(C(=O)NN2CCOCC2)n(Cc2cccc(C(F)(F)F)c2)c1C. The summed E-state index contributed by atoms with van der Waals surface area (Å²) in [5.74, 6) is -0.262. The predicted octanol–water partition coefficient (Wildman–Crippen LogP) is 3.46. The number of ether oxygens (including phenoxy) is 1. The van der Waals surface area contributed by atoms with Crippen LogP contribution in [0.25, 0.3) is 0 Å². The van der Waals surface area contributed by atoms with Crippen molar-refractivity contribution < 1.29 is 22.7 Å². The van der Waals surface area contributed by atoms with Gasteiger partial charge in [0.2, 0.25) is 0 Å². The van der Waals surface area contributed by atoms with E-state index in [2.05, 4.69) is 5.43 Å². The summed E-state index contributed by atoms with van der Waals surface area (Å²) in [5, 5.41) is 1.80. The lowest BCUT2D eigenvalue weighted by Crippen LogP contribution is -2.48. The van der Waals surface area contributed by atoms with E-state index < -0.39 is 11.7 Å². The zero-order valence-corrected chi connectivity index (χ0v) is 16.2. The standard InChI is InChI=1S/C20H24F3N3O2/c1-13-14(2)18(19(27)24-25-7-9-28-10-8-25)26(15(13)3)12-16-5-4-6-17(11-16)20(21,22)23/h4-6,11H,7-10,12H2,1-3H3,(H,24,27). The number of alkyl halides is 3. The summed E-state index contributed by atoms with van der Waals surface area (Å²) in [7, 11) is 0. The Morgan fingerprint density at radius 3 is 2.46 bits per heavy atom. The number of morpholine rings is 1. The second kappa shape index (κ2) is 7.97. The molecule has 8 heteroatoms. The van der Waals surface area contributed by atoms with E-state index in [4.69, 9.17) is 4.74 Å². The normalized spacial score (nSPS) is 15.6. The number of nitrogens with zero attached hydrogens (tertiary/aromatic N) is 2. The molecule has 0 aliphatic carbocycles. The van der Waals surface area contributed by atoms with Gasteiger partial charge in [-0.3, -0.25) is 10.2 Å². The third-order valence-electron chi connectivity index (χ3n) is 5.22. The summed E-state index contributed by atoms with van der Waals surface area (Å²) < 4.78 is 46.2. The number of hydrogen-bond acceptors (Lipinski definition) is 3. The van der Waals surface area contributed by atoms with Crippen LogP contribution < -0.4 is 5.43 Å². The number of rotatable bonds is 4. The van der Waals surface area contributed by atoms with Crippen LogP contribution in [0.1, 0.15) is 38.4 Å². The van der Waals surface area contributed by atoms with Crippen molar-refractivity contribution in [1.29, 1.82) is 0 Å². The van der Waals surface area contributed by atoms with Gasteiger partial charge in [-0.15, -0.1) is 0 Å². The lowest BCUT2D eigenvalue weighted by molar-refractivity contribution is -0.137. The number of carbonyl (C=O) groups excluding carboxylic acids is 1. The second-order valence-electron chi connectivity index (χ2n) is 7.01. The number of benzene rings is 1. The van der Waals surface area contributed by atoms with Crippen LogP contribution in [0.3, 0.4) is 0 Å². The van der Waals surface area contributed by atoms with E-state index in [-0.39, 0.29) is 12.5 Å². The molecule has 1 saturated heterocycles.